The molecular weight excluding hydrogens is 327 g/mol. The van der Waals surface area contributed by atoms with Gasteiger partial charge in [0.2, 0.25) is 11.8 Å². The minimum atomic E-state index is -0.313. The number of amides is 2. The topological polar surface area (TPSA) is 87.5 Å². The van der Waals surface area contributed by atoms with Crippen LogP contribution in [0.25, 0.3) is 0 Å². The zero-order chi connectivity index (χ0) is 15.1. The molecule has 8 heteroatoms. The Morgan fingerprint density at radius 3 is 2.23 bits per heavy atom. The summed E-state index contributed by atoms with van der Waals surface area (Å²) in [5.74, 6) is 0.944. The van der Waals surface area contributed by atoms with Gasteiger partial charge in [-0.15, -0.1) is 24.8 Å². The van der Waals surface area contributed by atoms with E-state index in [9.17, 15) is 9.59 Å². The Morgan fingerprint density at radius 2 is 1.73 bits per heavy atom. The lowest BCUT2D eigenvalue weighted by Gasteiger charge is -2.36. The molecule has 0 aromatic heterocycles. The molecule has 1 heterocycles. The van der Waals surface area contributed by atoms with Crippen LogP contribution >= 0.6 is 24.8 Å². The van der Waals surface area contributed by atoms with E-state index in [-0.39, 0.29) is 55.8 Å². The second-order valence-electron chi connectivity index (χ2n) is 6.11. The van der Waals surface area contributed by atoms with Gasteiger partial charge < -0.3 is 21.3 Å². The molecule has 1 saturated heterocycles. The van der Waals surface area contributed by atoms with Gasteiger partial charge in [-0.2, -0.15) is 0 Å². The van der Waals surface area contributed by atoms with Gasteiger partial charge in [-0.3, -0.25) is 9.59 Å². The summed E-state index contributed by atoms with van der Waals surface area (Å²) in [6, 6.07) is 0.0785. The predicted octanol–water partition coefficient (Wildman–Crippen LogP) is 0.388. The fraction of sp³-hybridized carbons (Fsp3) is 0.857. The van der Waals surface area contributed by atoms with Gasteiger partial charge >= 0.3 is 0 Å². The van der Waals surface area contributed by atoms with Gasteiger partial charge in [0.1, 0.15) is 0 Å². The largest absolute Gasteiger partial charge is 0.351 e. The van der Waals surface area contributed by atoms with Crippen molar-refractivity contribution in [1.82, 2.24) is 15.5 Å². The molecule has 3 unspecified atom stereocenters. The Kier molecular flexibility index (Phi) is 12.9. The quantitative estimate of drug-likeness (QED) is 0.642. The van der Waals surface area contributed by atoms with E-state index in [0.29, 0.717) is 11.8 Å². The summed E-state index contributed by atoms with van der Waals surface area (Å²) >= 11 is 0. The van der Waals surface area contributed by atoms with Crippen molar-refractivity contribution in [3.63, 3.8) is 0 Å². The van der Waals surface area contributed by atoms with Crippen LogP contribution in [0, 0.1) is 11.8 Å². The number of likely N-dealkylation sites (tertiary alicyclic amines) is 1. The second-order valence-corrected chi connectivity index (χ2v) is 6.11. The lowest BCUT2D eigenvalue weighted by molar-refractivity contribution is -0.125. The van der Waals surface area contributed by atoms with Crippen LogP contribution in [-0.2, 0) is 9.59 Å². The van der Waals surface area contributed by atoms with Gasteiger partial charge in [0, 0.05) is 25.7 Å². The van der Waals surface area contributed by atoms with E-state index in [1.807, 2.05) is 6.92 Å². The number of nitrogens with zero attached hydrogens (tertiary/aromatic N) is 1. The average molecular weight is 357 g/mol. The van der Waals surface area contributed by atoms with E-state index >= 15 is 0 Å². The number of hydrogen-bond donors (Lipinski definition) is 3. The number of halogens is 2. The molecule has 0 aromatic carbocycles. The number of piperidine rings is 1. The van der Waals surface area contributed by atoms with E-state index in [1.165, 1.54) is 6.42 Å². The van der Waals surface area contributed by atoms with Crippen molar-refractivity contribution in [2.45, 2.75) is 33.2 Å². The Bertz CT molecular complexity index is 335. The van der Waals surface area contributed by atoms with Crippen LogP contribution in [0.15, 0.2) is 0 Å². The van der Waals surface area contributed by atoms with Crippen molar-refractivity contribution in [2.24, 2.45) is 17.6 Å². The molecule has 6 nitrogen and oxygen atoms in total. The molecule has 1 rings (SSSR count). The minimum absolute atomic E-state index is 0. The van der Waals surface area contributed by atoms with Gasteiger partial charge in [0.25, 0.3) is 0 Å². The highest BCUT2D eigenvalue weighted by atomic mass is 35.5. The number of carbonyl (C=O) groups excluding carboxylic acids is 2. The average Bonchev–Trinajstić information content (AvgIpc) is 2.34. The third-order valence-corrected chi connectivity index (χ3v) is 3.52. The summed E-state index contributed by atoms with van der Waals surface area (Å²) in [7, 11) is 0. The summed E-state index contributed by atoms with van der Waals surface area (Å²) in [5, 5.41) is 5.37. The maximum absolute atomic E-state index is 11.7. The Balaban J connectivity index is 0. The van der Waals surface area contributed by atoms with Crippen molar-refractivity contribution < 1.29 is 9.59 Å². The second kappa shape index (κ2) is 11.9. The molecule has 2 amide bonds. The van der Waals surface area contributed by atoms with Crippen molar-refractivity contribution in [3.05, 3.63) is 0 Å². The molecule has 0 radical (unpaired) electrons. The summed E-state index contributed by atoms with van der Waals surface area (Å²) in [4.78, 5) is 25.0. The van der Waals surface area contributed by atoms with Gasteiger partial charge in [-0.25, -0.2) is 0 Å². The van der Waals surface area contributed by atoms with Crippen LogP contribution in [-0.4, -0.2) is 55.5 Å². The zero-order valence-corrected chi connectivity index (χ0v) is 15.3. The van der Waals surface area contributed by atoms with Crippen LogP contribution in [0.3, 0.4) is 0 Å². The molecule has 0 bridgehead atoms. The van der Waals surface area contributed by atoms with Gasteiger partial charge in [-0.05, 0) is 25.2 Å². The van der Waals surface area contributed by atoms with Crippen molar-refractivity contribution in [2.75, 3.05) is 32.7 Å². The highest BCUT2D eigenvalue weighted by Crippen LogP contribution is 2.20. The number of rotatable bonds is 6. The molecular formula is C14H30Cl2N4O2. The number of carbonyl (C=O) groups is 2. The first kappa shape index (κ1) is 23.7. The molecule has 1 aliphatic rings. The lowest BCUT2D eigenvalue weighted by atomic mass is 9.92. The third-order valence-electron chi connectivity index (χ3n) is 3.52. The highest BCUT2D eigenvalue weighted by Gasteiger charge is 2.23. The number of nitrogens with two attached hydrogens (primary N) is 1. The molecule has 132 valence electrons. The first-order chi connectivity index (χ1) is 9.40. The molecule has 1 fully saturated rings. The minimum Gasteiger partial charge on any atom is -0.351 e. The SMILES string of the molecule is CC1CC(C)CN(CC(C)NC(=O)CNC(=O)CN)C1.Cl.Cl. The Morgan fingerprint density at radius 1 is 1.18 bits per heavy atom. The molecule has 0 aromatic rings. The van der Waals surface area contributed by atoms with Crippen LogP contribution in [0.2, 0.25) is 0 Å². The predicted molar refractivity (Wildman–Crippen MR) is 93.5 cm³/mol. The monoisotopic (exact) mass is 356 g/mol. The zero-order valence-electron chi connectivity index (χ0n) is 13.6. The standard InChI is InChI=1S/C14H28N4O2.2ClH/c1-10-4-11(2)8-18(7-10)9-12(3)17-14(20)6-16-13(19)5-15;;/h10-12H,4-9,15H2,1-3H3,(H,16,19)(H,17,20);2*1H. The molecule has 22 heavy (non-hydrogen) atoms. The molecule has 0 aliphatic carbocycles. The lowest BCUT2D eigenvalue weighted by Crippen LogP contribution is -2.49. The fourth-order valence-corrected chi connectivity index (χ4v) is 2.95. The normalized spacial score (nSPS) is 22.7. The Hall–Kier alpha value is -0.560. The fourth-order valence-electron chi connectivity index (χ4n) is 2.95. The third kappa shape index (κ3) is 9.46. The van der Waals surface area contributed by atoms with Crippen LogP contribution < -0.4 is 16.4 Å². The van der Waals surface area contributed by atoms with Gasteiger partial charge in [-0.1, -0.05) is 13.8 Å². The summed E-state index contributed by atoms with van der Waals surface area (Å²) < 4.78 is 0. The van der Waals surface area contributed by atoms with Crippen LogP contribution in [0.4, 0.5) is 0 Å². The first-order valence-electron chi connectivity index (χ1n) is 7.39. The summed E-state index contributed by atoms with van der Waals surface area (Å²) in [6.45, 7) is 9.48. The van der Waals surface area contributed by atoms with Crippen LogP contribution in [0.5, 0.6) is 0 Å². The summed E-state index contributed by atoms with van der Waals surface area (Å²) in [5.41, 5.74) is 5.16. The molecule has 3 atom stereocenters. The van der Waals surface area contributed by atoms with Crippen LogP contribution in [0.1, 0.15) is 27.2 Å². The maximum Gasteiger partial charge on any atom is 0.239 e. The molecule has 0 spiro atoms. The van der Waals surface area contributed by atoms with E-state index in [2.05, 4.69) is 29.4 Å². The maximum atomic E-state index is 11.7. The molecule has 1 aliphatic heterocycles. The van der Waals surface area contributed by atoms with Crippen molar-refractivity contribution in [1.29, 1.82) is 0 Å². The van der Waals surface area contributed by atoms with E-state index in [4.69, 9.17) is 5.73 Å². The number of hydrogen-bond acceptors (Lipinski definition) is 4. The van der Waals surface area contributed by atoms with Gasteiger partial charge in [0.15, 0.2) is 0 Å². The molecule has 4 N–H and O–H groups in total. The van der Waals surface area contributed by atoms with Crippen molar-refractivity contribution in [3.8, 4) is 0 Å². The molecule has 0 saturated carbocycles. The highest BCUT2D eigenvalue weighted by molar-refractivity contribution is 5.86. The van der Waals surface area contributed by atoms with Gasteiger partial charge in [0.05, 0.1) is 13.1 Å². The van der Waals surface area contributed by atoms with Crippen molar-refractivity contribution >= 4 is 36.6 Å². The number of nitrogens with one attached hydrogen (secondary N) is 2. The van der Waals surface area contributed by atoms with E-state index in [0.717, 1.165) is 19.6 Å². The van der Waals surface area contributed by atoms with E-state index in [1.54, 1.807) is 0 Å². The Labute approximate surface area is 145 Å². The van der Waals surface area contributed by atoms with E-state index < -0.39 is 0 Å². The summed E-state index contributed by atoms with van der Waals surface area (Å²) in [6.07, 6.45) is 1.28. The first-order valence-corrected chi connectivity index (χ1v) is 7.39. The smallest absolute Gasteiger partial charge is 0.239 e.